The van der Waals surface area contributed by atoms with Gasteiger partial charge in [0.05, 0.1) is 49.7 Å². The summed E-state index contributed by atoms with van der Waals surface area (Å²) in [6.45, 7) is 0. The number of hydrogen-bond acceptors (Lipinski definition) is 8. The van der Waals surface area contributed by atoms with E-state index in [1.54, 1.807) is 0 Å². The standard InChI is InChI=1S/2C45H27N5O/c1-3-14-28(15-4-1)43-46-44(35-22-13-21-33-31-19-9-12-25-39(31)51-42(33)35)48-45(47-43)50-37-24-11-8-20-34(37)40-38(50)27-26-32-30-18-7-10-23-36(30)49(41(32)40)29-16-5-2-6-17-29;1-3-13-28(14-4-1)43-46-44(29-23-24-33-32-18-9-12-22-39(32)51-40(33)27-29)48-45(47-43)50-37-21-11-8-19-35(37)41-38(50)26-25-34-31-17-7-10-20-36(31)49(42(34)41)30-15-5-2-6-16-30/h2*1-27H. The molecule has 14 aromatic carbocycles. The van der Waals surface area contributed by atoms with Crippen LogP contribution in [0.5, 0.6) is 0 Å². The van der Waals surface area contributed by atoms with E-state index >= 15 is 0 Å². The molecule has 0 aliphatic carbocycles. The molecule has 0 unspecified atom stereocenters. The first-order chi connectivity index (χ1) is 50.6. The summed E-state index contributed by atoms with van der Waals surface area (Å²) >= 11 is 0. The smallest absolute Gasteiger partial charge is 0.238 e. The van der Waals surface area contributed by atoms with Gasteiger partial charge < -0.3 is 18.0 Å². The van der Waals surface area contributed by atoms with E-state index in [9.17, 15) is 0 Å². The summed E-state index contributed by atoms with van der Waals surface area (Å²) in [7, 11) is 0. The first-order valence-electron chi connectivity index (χ1n) is 34.1. The second-order valence-electron chi connectivity index (χ2n) is 25.7. The number of fused-ring (bicyclic) bond motifs is 20. The summed E-state index contributed by atoms with van der Waals surface area (Å²) in [6.07, 6.45) is 0. The second kappa shape index (κ2) is 22.7. The van der Waals surface area contributed by atoms with Gasteiger partial charge in [-0.1, -0.05) is 237 Å². The molecule has 0 aliphatic rings. The minimum absolute atomic E-state index is 0.542. The molecule has 8 aromatic heterocycles. The lowest BCUT2D eigenvalue weighted by molar-refractivity contribution is 0.669. The molecule has 22 rings (SSSR count). The number of nitrogens with zero attached hydrogens (tertiary/aromatic N) is 10. The molecule has 22 aromatic rings. The van der Waals surface area contributed by atoms with Gasteiger partial charge in [-0.25, -0.2) is 9.97 Å². The largest absolute Gasteiger partial charge is 0.456 e. The van der Waals surface area contributed by atoms with Crippen LogP contribution in [0.25, 0.3) is 200 Å². The fourth-order valence-corrected chi connectivity index (χ4v) is 15.5. The molecular weight excluding hydrogens is 1250 g/mol. The molecule has 0 spiro atoms. The number of hydrogen-bond donors (Lipinski definition) is 0. The molecular formula is C90H54N10O2. The highest BCUT2D eigenvalue weighted by Crippen LogP contribution is 2.45. The number of furan rings is 2. The van der Waals surface area contributed by atoms with E-state index in [4.69, 9.17) is 38.7 Å². The Balaban J connectivity index is 0.000000133. The van der Waals surface area contributed by atoms with Crippen LogP contribution >= 0.6 is 0 Å². The third-order valence-electron chi connectivity index (χ3n) is 20.0. The van der Waals surface area contributed by atoms with E-state index in [1.165, 1.54) is 21.5 Å². The van der Waals surface area contributed by atoms with Crippen molar-refractivity contribution in [1.29, 1.82) is 0 Å². The van der Waals surface area contributed by atoms with Crippen molar-refractivity contribution >= 4 is 131 Å². The third kappa shape index (κ3) is 8.82. The molecule has 0 atom stereocenters. The van der Waals surface area contributed by atoms with Gasteiger partial charge in [0.15, 0.2) is 23.3 Å². The zero-order valence-electron chi connectivity index (χ0n) is 54.5. The average molecular weight is 1310 g/mol. The van der Waals surface area contributed by atoms with Crippen LogP contribution in [-0.2, 0) is 0 Å². The highest BCUT2D eigenvalue weighted by atomic mass is 16.3. The van der Waals surface area contributed by atoms with Gasteiger partial charge in [-0.2, -0.15) is 19.9 Å². The molecule has 0 saturated carbocycles. The van der Waals surface area contributed by atoms with E-state index in [0.29, 0.717) is 35.2 Å². The van der Waals surface area contributed by atoms with Crippen LogP contribution in [0.15, 0.2) is 336 Å². The lowest BCUT2D eigenvalue weighted by atomic mass is 10.1. The van der Waals surface area contributed by atoms with Gasteiger partial charge in [0, 0.05) is 92.7 Å². The minimum atomic E-state index is 0.542. The lowest BCUT2D eigenvalue weighted by Crippen LogP contribution is -2.06. The molecule has 0 saturated heterocycles. The Morgan fingerprint density at radius 3 is 1.11 bits per heavy atom. The van der Waals surface area contributed by atoms with Crippen LogP contribution < -0.4 is 0 Å². The molecule has 0 aliphatic heterocycles. The van der Waals surface area contributed by atoms with Crippen LogP contribution in [0, 0.1) is 0 Å². The monoisotopic (exact) mass is 1310 g/mol. The van der Waals surface area contributed by atoms with Crippen LogP contribution in [0.1, 0.15) is 0 Å². The quantitative estimate of drug-likeness (QED) is 0.147. The number of aromatic nitrogens is 10. The van der Waals surface area contributed by atoms with Gasteiger partial charge in [-0.3, -0.25) is 9.13 Å². The molecule has 8 heterocycles. The van der Waals surface area contributed by atoms with Gasteiger partial charge in [0.1, 0.15) is 22.3 Å². The Hall–Kier alpha value is -14.1. The Kier molecular flexibility index (Phi) is 12.7. The highest BCUT2D eigenvalue weighted by molar-refractivity contribution is 6.28. The topological polar surface area (TPSA) is 123 Å². The van der Waals surface area contributed by atoms with E-state index in [1.807, 2.05) is 115 Å². The molecule has 102 heavy (non-hydrogen) atoms. The Labute approximate surface area is 581 Å². The predicted molar refractivity (Wildman–Crippen MR) is 413 cm³/mol. The lowest BCUT2D eigenvalue weighted by Gasteiger charge is -2.11. The van der Waals surface area contributed by atoms with Gasteiger partial charge in [0.25, 0.3) is 0 Å². The van der Waals surface area contributed by atoms with E-state index in [0.717, 1.165) is 143 Å². The van der Waals surface area contributed by atoms with Crippen LogP contribution in [0.4, 0.5) is 0 Å². The fourth-order valence-electron chi connectivity index (χ4n) is 15.5. The number of rotatable bonds is 8. The SMILES string of the molecule is c1ccc(-c2nc(-c3ccc4c(c3)oc3ccccc34)nc(-n3c4ccccc4c4c3ccc3c5ccccc5n(-c5ccccc5)c34)n2)cc1.c1ccc(-c2nc(-c3cccc4c3oc3ccccc34)nc(-n3c4ccccc4c4c3ccc3c5ccccc5n(-c5ccccc5)c34)n2)cc1. The van der Waals surface area contributed by atoms with Crippen molar-refractivity contribution in [2.24, 2.45) is 0 Å². The molecule has 0 bridgehead atoms. The van der Waals surface area contributed by atoms with Gasteiger partial charge in [0.2, 0.25) is 11.9 Å². The maximum Gasteiger partial charge on any atom is 0.238 e. The molecule has 12 nitrogen and oxygen atoms in total. The molecule has 0 fully saturated rings. The number of benzene rings is 14. The first kappa shape index (κ1) is 57.0. The summed E-state index contributed by atoms with van der Waals surface area (Å²) in [4.78, 5) is 31.0. The minimum Gasteiger partial charge on any atom is -0.456 e. The normalized spacial score (nSPS) is 11.9. The van der Waals surface area contributed by atoms with Gasteiger partial charge >= 0.3 is 0 Å². The molecule has 12 heteroatoms. The maximum absolute atomic E-state index is 6.48. The molecule has 476 valence electrons. The van der Waals surface area contributed by atoms with Crippen molar-refractivity contribution in [2.45, 2.75) is 0 Å². The maximum atomic E-state index is 6.48. The average Bonchev–Trinajstić information content (AvgIpc) is 1.55. The zero-order chi connectivity index (χ0) is 66.9. The van der Waals surface area contributed by atoms with E-state index in [-0.39, 0.29) is 0 Å². The number of para-hydroxylation sites is 9. The van der Waals surface area contributed by atoms with E-state index < -0.39 is 0 Å². The van der Waals surface area contributed by atoms with Crippen LogP contribution in [-0.4, -0.2) is 48.2 Å². The zero-order valence-corrected chi connectivity index (χ0v) is 54.5. The van der Waals surface area contributed by atoms with Crippen molar-refractivity contribution in [2.75, 3.05) is 0 Å². The van der Waals surface area contributed by atoms with E-state index in [2.05, 4.69) is 231 Å². The van der Waals surface area contributed by atoms with Crippen molar-refractivity contribution in [1.82, 2.24) is 48.2 Å². The van der Waals surface area contributed by atoms with Crippen molar-refractivity contribution < 1.29 is 8.83 Å². The Bertz CT molecular complexity index is 7130. The van der Waals surface area contributed by atoms with Crippen LogP contribution in [0.3, 0.4) is 0 Å². The summed E-state index contributed by atoms with van der Waals surface area (Å²) in [5, 5.41) is 13.6. The van der Waals surface area contributed by atoms with Crippen molar-refractivity contribution in [3.05, 3.63) is 328 Å². The van der Waals surface area contributed by atoms with Crippen molar-refractivity contribution in [3.8, 4) is 68.8 Å². The second-order valence-corrected chi connectivity index (χ2v) is 25.7. The summed E-state index contributed by atoms with van der Waals surface area (Å²) in [6, 6.07) is 113. The van der Waals surface area contributed by atoms with Crippen LogP contribution in [0.2, 0.25) is 0 Å². The molecule has 0 radical (unpaired) electrons. The van der Waals surface area contributed by atoms with Gasteiger partial charge in [-0.05, 0) is 91.0 Å². The Morgan fingerprint density at radius 2 is 0.588 bits per heavy atom. The summed E-state index contributed by atoms with van der Waals surface area (Å²) in [5.74, 6) is 3.41. The molecule has 0 amide bonds. The highest BCUT2D eigenvalue weighted by Gasteiger charge is 2.27. The Morgan fingerprint density at radius 1 is 0.216 bits per heavy atom. The fraction of sp³-hybridized carbons (Fsp3) is 0. The van der Waals surface area contributed by atoms with Crippen molar-refractivity contribution in [3.63, 3.8) is 0 Å². The summed E-state index contributed by atoms with van der Waals surface area (Å²) < 4.78 is 21.9. The molecule has 0 N–H and O–H groups in total. The third-order valence-corrected chi connectivity index (χ3v) is 20.0. The predicted octanol–water partition coefficient (Wildman–Crippen LogP) is 22.6. The van der Waals surface area contributed by atoms with Gasteiger partial charge in [-0.15, -0.1) is 0 Å². The summed E-state index contributed by atoms with van der Waals surface area (Å²) in [5.41, 5.74) is 17.7. The first-order valence-corrected chi connectivity index (χ1v) is 34.1.